The van der Waals surface area contributed by atoms with Crippen molar-refractivity contribution in [1.29, 1.82) is 0 Å². The fraction of sp³-hybridized carbons (Fsp3) is 0.0500. The summed E-state index contributed by atoms with van der Waals surface area (Å²) in [5.41, 5.74) is 3.10. The second-order valence-corrected chi connectivity index (χ2v) is 6.89. The van der Waals surface area contributed by atoms with Crippen LogP contribution in [0.2, 0.25) is 0 Å². The number of rotatable bonds is 5. The molecule has 27 heavy (non-hydrogen) atoms. The first-order chi connectivity index (χ1) is 13.1. The van der Waals surface area contributed by atoms with Crippen molar-refractivity contribution >= 4 is 33.3 Å². The summed E-state index contributed by atoms with van der Waals surface area (Å²) in [6.07, 6.45) is 3.81. The molecule has 0 aliphatic heterocycles. The molecule has 2 aromatic carbocycles. The number of amides is 1. The molecule has 4 aromatic rings. The molecule has 5 nitrogen and oxygen atoms in total. The molecule has 0 radical (unpaired) electrons. The third-order valence-electron chi connectivity index (χ3n) is 4.10. The maximum atomic E-state index is 13.1. The van der Waals surface area contributed by atoms with Crippen molar-refractivity contribution in [2.45, 2.75) is 6.42 Å². The first-order valence-corrected chi connectivity index (χ1v) is 9.09. The van der Waals surface area contributed by atoms with Crippen molar-refractivity contribution < 1.29 is 9.18 Å². The zero-order valence-corrected chi connectivity index (χ0v) is 15.0. The predicted octanol–water partition coefficient (Wildman–Crippen LogP) is 4.36. The van der Waals surface area contributed by atoms with Crippen molar-refractivity contribution in [3.8, 4) is 5.69 Å². The van der Waals surface area contributed by atoms with E-state index in [4.69, 9.17) is 0 Å². The number of fused-ring (bicyclic) bond motifs is 1. The molecular weight excluding hydrogens is 363 g/mol. The van der Waals surface area contributed by atoms with E-state index in [0.717, 1.165) is 22.2 Å². The summed E-state index contributed by atoms with van der Waals surface area (Å²) in [5, 5.41) is 10.4. The minimum atomic E-state index is -0.285. The average Bonchev–Trinajstić information content (AvgIpc) is 3.32. The molecule has 0 saturated heterocycles. The molecule has 1 amide bonds. The van der Waals surface area contributed by atoms with Crippen LogP contribution in [0.25, 0.3) is 16.6 Å². The number of anilines is 1. The van der Waals surface area contributed by atoms with E-state index in [1.165, 1.54) is 23.5 Å². The molecule has 1 N–H and O–H groups in total. The average molecular weight is 378 g/mol. The number of hydrogen-bond acceptors (Lipinski definition) is 4. The Kier molecular flexibility index (Phi) is 4.52. The van der Waals surface area contributed by atoms with Gasteiger partial charge in [0, 0.05) is 29.0 Å². The Hall–Kier alpha value is -3.32. The van der Waals surface area contributed by atoms with Gasteiger partial charge in [-0.2, -0.15) is 5.10 Å². The predicted molar refractivity (Wildman–Crippen MR) is 105 cm³/mol. The number of nitrogens with one attached hydrogen (secondary N) is 1. The van der Waals surface area contributed by atoms with E-state index in [9.17, 15) is 9.18 Å². The molecule has 0 spiro atoms. The van der Waals surface area contributed by atoms with Crippen LogP contribution >= 0.6 is 11.3 Å². The molecule has 0 bridgehead atoms. The largest absolute Gasteiger partial charge is 0.298 e. The highest BCUT2D eigenvalue weighted by molar-refractivity contribution is 7.13. The van der Waals surface area contributed by atoms with Crippen LogP contribution in [0.1, 0.15) is 5.56 Å². The van der Waals surface area contributed by atoms with E-state index in [1.807, 2.05) is 18.2 Å². The third-order valence-corrected chi connectivity index (χ3v) is 4.78. The number of carbonyl (C=O) groups excluding carboxylic acids is 1. The van der Waals surface area contributed by atoms with Crippen molar-refractivity contribution in [3.05, 3.63) is 83.8 Å². The third kappa shape index (κ3) is 3.63. The maximum Gasteiger partial charge on any atom is 0.253 e. The van der Waals surface area contributed by atoms with Crippen LogP contribution in [-0.2, 0) is 11.2 Å². The van der Waals surface area contributed by atoms with Gasteiger partial charge in [-0.25, -0.2) is 14.1 Å². The lowest BCUT2D eigenvalue weighted by molar-refractivity contribution is -0.112. The SMILES string of the molecule is C=C(Cc1ccc2c(cnn2-c2ccc(F)cc2)c1)C(=O)Nc1nccs1. The summed E-state index contributed by atoms with van der Waals surface area (Å²) < 4.78 is 14.9. The molecule has 0 saturated carbocycles. The molecule has 0 aliphatic carbocycles. The Balaban J connectivity index is 1.53. The van der Waals surface area contributed by atoms with Gasteiger partial charge in [-0.15, -0.1) is 11.3 Å². The number of benzene rings is 2. The highest BCUT2D eigenvalue weighted by Crippen LogP contribution is 2.21. The fourth-order valence-corrected chi connectivity index (χ4v) is 3.30. The monoisotopic (exact) mass is 378 g/mol. The number of hydrogen-bond donors (Lipinski definition) is 1. The number of nitrogens with zero attached hydrogens (tertiary/aromatic N) is 3. The highest BCUT2D eigenvalue weighted by atomic mass is 32.1. The first-order valence-electron chi connectivity index (χ1n) is 8.21. The summed E-state index contributed by atoms with van der Waals surface area (Å²) in [6.45, 7) is 3.88. The van der Waals surface area contributed by atoms with Gasteiger partial charge in [-0.05, 0) is 42.0 Å². The van der Waals surface area contributed by atoms with Crippen LogP contribution in [0.3, 0.4) is 0 Å². The van der Waals surface area contributed by atoms with E-state index in [2.05, 4.69) is 22.0 Å². The zero-order chi connectivity index (χ0) is 18.8. The minimum absolute atomic E-state index is 0.243. The van der Waals surface area contributed by atoms with Gasteiger partial charge in [-0.1, -0.05) is 12.6 Å². The Bertz CT molecular complexity index is 1120. The summed E-state index contributed by atoms with van der Waals surface area (Å²) in [7, 11) is 0. The Morgan fingerprint density at radius 3 is 2.78 bits per heavy atom. The Labute approximate surface area is 158 Å². The topological polar surface area (TPSA) is 59.8 Å². The highest BCUT2D eigenvalue weighted by Gasteiger charge is 2.11. The summed E-state index contributed by atoms with van der Waals surface area (Å²) >= 11 is 1.36. The second-order valence-electron chi connectivity index (χ2n) is 6.00. The second kappa shape index (κ2) is 7.13. The van der Waals surface area contributed by atoms with Crippen LogP contribution < -0.4 is 5.32 Å². The van der Waals surface area contributed by atoms with E-state index < -0.39 is 0 Å². The molecular formula is C20H15FN4OS. The standard InChI is InChI=1S/C20H15FN4OS/c1-13(19(26)24-20-22-8-9-27-20)10-14-2-7-18-15(11-14)12-23-25(18)17-5-3-16(21)4-6-17/h2-9,11-12H,1,10H2,(H,22,24,26). The number of carbonyl (C=O) groups is 1. The van der Waals surface area contributed by atoms with Gasteiger partial charge in [0.25, 0.3) is 5.91 Å². The molecule has 4 rings (SSSR count). The van der Waals surface area contributed by atoms with Gasteiger partial charge in [-0.3, -0.25) is 10.1 Å². The summed E-state index contributed by atoms with van der Waals surface area (Å²) in [6, 6.07) is 12.0. The van der Waals surface area contributed by atoms with Crippen LogP contribution in [0.15, 0.2) is 72.4 Å². The smallest absolute Gasteiger partial charge is 0.253 e. The Morgan fingerprint density at radius 2 is 2.04 bits per heavy atom. The number of halogens is 1. The normalized spacial score (nSPS) is 10.9. The zero-order valence-electron chi connectivity index (χ0n) is 14.2. The molecule has 2 heterocycles. The summed E-state index contributed by atoms with van der Waals surface area (Å²) in [4.78, 5) is 16.2. The Morgan fingerprint density at radius 1 is 1.22 bits per heavy atom. The van der Waals surface area contributed by atoms with Crippen molar-refractivity contribution in [2.24, 2.45) is 0 Å². The molecule has 7 heteroatoms. The lowest BCUT2D eigenvalue weighted by Crippen LogP contribution is -2.15. The lowest BCUT2D eigenvalue weighted by Gasteiger charge is -2.07. The summed E-state index contributed by atoms with van der Waals surface area (Å²) in [5.74, 6) is -0.529. The van der Waals surface area contributed by atoms with Crippen molar-refractivity contribution in [3.63, 3.8) is 0 Å². The minimum Gasteiger partial charge on any atom is -0.298 e. The molecule has 2 aromatic heterocycles. The van der Waals surface area contributed by atoms with Crippen molar-refractivity contribution in [1.82, 2.24) is 14.8 Å². The van der Waals surface area contributed by atoms with Gasteiger partial charge >= 0.3 is 0 Å². The lowest BCUT2D eigenvalue weighted by atomic mass is 10.0. The molecule has 134 valence electrons. The molecule has 0 atom stereocenters. The number of aromatic nitrogens is 3. The molecule has 0 fully saturated rings. The van der Waals surface area contributed by atoms with E-state index in [-0.39, 0.29) is 11.7 Å². The number of thiazole rings is 1. The maximum absolute atomic E-state index is 13.1. The van der Waals surface area contributed by atoms with Crippen LogP contribution in [-0.4, -0.2) is 20.7 Å². The molecule has 0 aliphatic rings. The first kappa shape index (κ1) is 17.1. The quantitative estimate of drug-likeness (QED) is 0.525. The fourth-order valence-electron chi connectivity index (χ4n) is 2.78. The van der Waals surface area contributed by atoms with Crippen LogP contribution in [0, 0.1) is 5.82 Å². The van der Waals surface area contributed by atoms with Crippen LogP contribution in [0.5, 0.6) is 0 Å². The van der Waals surface area contributed by atoms with E-state index >= 15 is 0 Å². The van der Waals surface area contributed by atoms with Gasteiger partial charge in [0.15, 0.2) is 5.13 Å². The van der Waals surface area contributed by atoms with Gasteiger partial charge in [0.05, 0.1) is 17.4 Å². The molecule has 0 unspecified atom stereocenters. The van der Waals surface area contributed by atoms with Gasteiger partial charge in [0.2, 0.25) is 0 Å². The van der Waals surface area contributed by atoms with Crippen molar-refractivity contribution in [2.75, 3.05) is 5.32 Å². The van der Waals surface area contributed by atoms with E-state index in [1.54, 1.807) is 34.6 Å². The van der Waals surface area contributed by atoms with Crippen LogP contribution in [0.4, 0.5) is 9.52 Å². The van der Waals surface area contributed by atoms with Gasteiger partial charge in [0.1, 0.15) is 5.82 Å². The van der Waals surface area contributed by atoms with Gasteiger partial charge < -0.3 is 0 Å². The van der Waals surface area contributed by atoms with E-state index in [0.29, 0.717) is 17.1 Å².